The summed E-state index contributed by atoms with van der Waals surface area (Å²) in [5.74, 6) is -0.0797. The number of rotatable bonds is 4. The lowest BCUT2D eigenvalue weighted by Gasteiger charge is -2.10. The van der Waals surface area contributed by atoms with Gasteiger partial charge in [-0.3, -0.25) is 10.1 Å². The smallest absolute Gasteiger partial charge is 0.314 e. The van der Waals surface area contributed by atoms with Crippen LogP contribution >= 0.6 is 11.6 Å². The second-order valence-corrected chi connectivity index (χ2v) is 4.48. The van der Waals surface area contributed by atoms with E-state index in [9.17, 15) is 14.5 Å². The quantitative estimate of drug-likeness (QED) is 0.471. The Morgan fingerprint density at radius 1 is 1.25 bits per heavy atom. The molecular weight excluding hydrogens is 285 g/mol. The van der Waals surface area contributed by atoms with E-state index < -0.39 is 16.4 Å². The van der Waals surface area contributed by atoms with Crippen LogP contribution in [-0.2, 0) is 5.88 Å². The minimum atomic E-state index is -0.689. The fourth-order valence-electron chi connectivity index (χ4n) is 1.75. The number of benzene rings is 2. The van der Waals surface area contributed by atoms with E-state index in [0.717, 1.165) is 17.7 Å². The Hall–Kier alpha value is -2.14. The first kappa shape index (κ1) is 14.3. The number of alkyl halides is 1. The van der Waals surface area contributed by atoms with Gasteiger partial charge in [0.05, 0.1) is 16.9 Å². The molecule has 2 aromatic carbocycles. The molecule has 0 aromatic heterocycles. The maximum atomic E-state index is 13.1. The van der Waals surface area contributed by atoms with Gasteiger partial charge in [0.2, 0.25) is 5.75 Å². The first-order valence-electron chi connectivity index (χ1n) is 5.78. The molecule has 2 aromatic rings. The fourth-order valence-corrected chi connectivity index (χ4v) is 1.96. The van der Waals surface area contributed by atoms with Crippen LogP contribution in [0.3, 0.4) is 0 Å². The molecule has 0 atom stereocenters. The molecule has 0 N–H and O–H groups in total. The number of ether oxygens (including phenoxy) is 1. The van der Waals surface area contributed by atoms with Crippen LogP contribution < -0.4 is 4.74 Å². The zero-order valence-electron chi connectivity index (χ0n) is 10.6. The van der Waals surface area contributed by atoms with Crippen molar-refractivity contribution in [2.24, 2.45) is 0 Å². The van der Waals surface area contributed by atoms with Crippen LogP contribution in [0.4, 0.5) is 10.1 Å². The molecule has 0 saturated carbocycles. The third-order valence-electron chi connectivity index (χ3n) is 2.70. The zero-order chi connectivity index (χ0) is 14.7. The van der Waals surface area contributed by atoms with Crippen molar-refractivity contribution < 1.29 is 14.1 Å². The van der Waals surface area contributed by atoms with Gasteiger partial charge in [0.15, 0.2) is 0 Å². The maximum absolute atomic E-state index is 13.1. The molecule has 0 amide bonds. The Kier molecular flexibility index (Phi) is 4.20. The van der Waals surface area contributed by atoms with E-state index >= 15 is 0 Å². The largest absolute Gasteiger partial charge is 0.450 e. The second kappa shape index (κ2) is 5.88. The minimum Gasteiger partial charge on any atom is -0.450 e. The zero-order valence-corrected chi connectivity index (χ0v) is 11.4. The van der Waals surface area contributed by atoms with Crippen molar-refractivity contribution >= 4 is 17.3 Å². The van der Waals surface area contributed by atoms with Gasteiger partial charge in [0.1, 0.15) is 11.6 Å². The van der Waals surface area contributed by atoms with Gasteiger partial charge in [-0.25, -0.2) is 4.39 Å². The van der Waals surface area contributed by atoms with Crippen molar-refractivity contribution in [3.05, 3.63) is 63.5 Å². The maximum Gasteiger partial charge on any atom is 0.314 e. The van der Waals surface area contributed by atoms with Crippen LogP contribution in [0, 0.1) is 22.9 Å². The molecule has 0 aliphatic carbocycles. The molecule has 0 aliphatic heterocycles. The molecule has 0 unspecified atom stereocenters. The highest BCUT2D eigenvalue weighted by Gasteiger charge is 2.18. The van der Waals surface area contributed by atoms with Crippen LogP contribution in [0.5, 0.6) is 11.5 Å². The monoisotopic (exact) mass is 295 g/mol. The van der Waals surface area contributed by atoms with Crippen molar-refractivity contribution in [2.45, 2.75) is 12.8 Å². The Labute approximate surface area is 119 Å². The number of nitrogens with zero attached hydrogens (tertiary/aromatic N) is 1. The molecule has 0 spiro atoms. The summed E-state index contributed by atoms with van der Waals surface area (Å²) in [6.07, 6.45) is 0. The lowest BCUT2D eigenvalue weighted by molar-refractivity contribution is -0.385. The molecule has 20 heavy (non-hydrogen) atoms. The molecule has 6 heteroatoms. The number of halogens is 2. The predicted octanol–water partition coefficient (Wildman–Crippen LogP) is 4.57. The highest BCUT2D eigenvalue weighted by molar-refractivity contribution is 6.17. The summed E-state index contributed by atoms with van der Waals surface area (Å²) in [5.41, 5.74) is 1.29. The number of nitro groups is 1. The lowest BCUT2D eigenvalue weighted by atomic mass is 10.1. The molecule has 0 bridgehead atoms. The predicted molar refractivity (Wildman–Crippen MR) is 73.9 cm³/mol. The van der Waals surface area contributed by atoms with Crippen LogP contribution in [0.2, 0.25) is 0 Å². The Morgan fingerprint density at radius 3 is 2.60 bits per heavy atom. The standard InChI is InChI=1S/C14H11ClFNO3/c1-9-2-4-13(10(6-9)8-15)20-14-5-3-11(16)7-12(14)17(18)19/h2-7H,8H2,1H3. The molecule has 0 saturated heterocycles. The molecule has 0 fully saturated rings. The SMILES string of the molecule is Cc1ccc(Oc2ccc(F)cc2[N+](=O)[O-])c(CCl)c1. The molecular formula is C14H11ClFNO3. The number of aryl methyl sites for hydroxylation is 1. The van der Waals surface area contributed by atoms with Gasteiger partial charge in [-0.1, -0.05) is 17.7 Å². The summed E-state index contributed by atoms with van der Waals surface area (Å²) in [4.78, 5) is 10.2. The van der Waals surface area contributed by atoms with Crippen LogP contribution in [0.15, 0.2) is 36.4 Å². The highest BCUT2D eigenvalue weighted by Crippen LogP contribution is 2.34. The molecule has 0 radical (unpaired) electrons. The highest BCUT2D eigenvalue weighted by atomic mass is 35.5. The third kappa shape index (κ3) is 3.05. The van der Waals surface area contributed by atoms with Gasteiger partial charge in [-0.15, -0.1) is 11.6 Å². The topological polar surface area (TPSA) is 52.4 Å². The van der Waals surface area contributed by atoms with Gasteiger partial charge < -0.3 is 4.74 Å². The first-order valence-corrected chi connectivity index (χ1v) is 6.32. The van der Waals surface area contributed by atoms with Crippen molar-refractivity contribution in [3.63, 3.8) is 0 Å². The summed E-state index contributed by atoms with van der Waals surface area (Å²) < 4.78 is 18.6. The fraction of sp³-hybridized carbons (Fsp3) is 0.143. The van der Waals surface area contributed by atoms with E-state index in [4.69, 9.17) is 16.3 Å². The van der Waals surface area contributed by atoms with Gasteiger partial charge in [0, 0.05) is 5.56 Å². The van der Waals surface area contributed by atoms with Crippen LogP contribution in [0.25, 0.3) is 0 Å². The summed E-state index contributed by atoms with van der Waals surface area (Å²) >= 11 is 5.82. The summed E-state index contributed by atoms with van der Waals surface area (Å²) in [6, 6.07) is 8.48. The van der Waals surface area contributed by atoms with E-state index in [1.54, 1.807) is 12.1 Å². The lowest BCUT2D eigenvalue weighted by Crippen LogP contribution is -1.96. The van der Waals surface area contributed by atoms with Gasteiger partial charge in [-0.05, 0) is 25.1 Å². The van der Waals surface area contributed by atoms with E-state index in [2.05, 4.69) is 0 Å². The average Bonchev–Trinajstić information content (AvgIpc) is 2.42. The molecule has 0 heterocycles. The minimum absolute atomic E-state index is 0.0216. The molecule has 104 valence electrons. The van der Waals surface area contributed by atoms with Crippen LogP contribution in [-0.4, -0.2) is 4.92 Å². The first-order chi connectivity index (χ1) is 9.51. The number of hydrogen-bond donors (Lipinski definition) is 0. The molecule has 2 rings (SSSR count). The van der Waals surface area contributed by atoms with Crippen molar-refractivity contribution in [1.82, 2.24) is 0 Å². The Morgan fingerprint density at radius 2 is 1.95 bits per heavy atom. The van der Waals surface area contributed by atoms with Crippen molar-refractivity contribution in [1.29, 1.82) is 0 Å². The van der Waals surface area contributed by atoms with Crippen molar-refractivity contribution in [3.8, 4) is 11.5 Å². The Balaban J connectivity index is 2.42. The van der Waals surface area contributed by atoms with E-state index in [-0.39, 0.29) is 11.6 Å². The van der Waals surface area contributed by atoms with Crippen molar-refractivity contribution in [2.75, 3.05) is 0 Å². The molecule has 4 nitrogen and oxygen atoms in total. The van der Waals surface area contributed by atoms with E-state index in [0.29, 0.717) is 11.3 Å². The summed E-state index contributed by atoms with van der Waals surface area (Å²) in [5, 5.41) is 10.9. The van der Waals surface area contributed by atoms with Gasteiger partial charge >= 0.3 is 5.69 Å². The average molecular weight is 296 g/mol. The summed E-state index contributed by atoms with van der Waals surface area (Å²) in [7, 11) is 0. The second-order valence-electron chi connectivity index (χ2n) is 4.22. The van der Waals surface area contributed by atoms with Crippen LogP contribution in [0.1, 0.15) is 11.1 Å². The van der Waals surface area contributed by atoms with Gasteiger partial charge in [-0.2, -0.15) is 0 Å². The molecule has 0 aliphatic rings. The van der Waals surface area contributed by atoms with Gasteiger partial charge in [0.25, 0.3) is 0 Å². The number of nitro benzene ring substituents is 1. The Bertz CT molecular complexity index is 661. The normalized spacial score (nSPS) is 10.3. The summed E-state index contributed by atoms with van der Waals surface area (Å²) in [6.45, 7) is 1.90. The third-order valence-corrected chi connectivity index (χ3v) is 2.99. The number of hydrogen-bond acceptors (Lipinski definition) is 3. The van der Waals surface area contributed by atoms with E-state index in [1.165, 1.54) is 6.07 Å². The van der Waals surface area contributed by atoms with E-state index in [1.807, 2.05) is 13.0 Å².